The van der Waals surface area contributed by atoms with Crippen LogP contribution >= 0.6 is 0 Å². The highest BCUT2D eigenvalue weighted by atomic mass is 14.3. The van der Waals surface area contributed by atoms with Crippen molar-refractivity contribution in [3.05, 3.63) is 47.1 Å². The van der Waals surface area contributed by atoms with E-state index < -0.39 is 0 Å². The normalized spacial score (nSPS) is 24.4. The second-order valence-corrected chi connectivity index (χ2v) is 4.74. The second-order valence-electron chi connectivity index (χ2n) is 4.74. The maximum Gasteiger partial charge on any atom is 0.00811 e. The van der Waals surface area contributed by atoms with E-state index >= 15 is 0 Å². The van der Waals surface area contributed by atoms with Crippen LogP contribution in [0.1, 0.15) is 33.6 Å². The van der Waals surface area contributed by atoms with Gasteiger partial charge in [0.2, 0.25) is 0 Å². The van der Waals surface area contributed by atoms with Crippen molar-refractivity contribution < 1.29 is 0 Å². The molecule has 0 heteroatoms. The van der Waals surface area contributed by atoms with Crippen LogP contribution in [0.2, 0.25) is 0 Å². The van der Waals surface area contributed by atoms with Crippen molar-refractivity contribution in [3.63, 3.8) is 0 Å². The fraction of sp³-hybridized carbons (Fsp3) is 0.429. The van der Waals surface area contributed by atoms with Crippen LogP contribution in [-0.2, 0) is 0 Å². The molecule has 0 aromatic rings. The van der Waals surface area contributed by atoms with Gasteiger partial charge in [0.05, 0.1) is 0 Å². The molecule has 0 amide bonds. The van der Waals surface area contributed by atoms with Gasteiger partial charge in [-0.05, 0) is 36.5 Å². The number of fused-ring (bicyclic) bond motifs is 1. The summed E-state index contributed by atoms with van der Waals surface area (Å²) in [5.41, 5.74) is 4.57. The Labute approximate surface area is 86.7 Å². The van der Waals surface area contributed by atoms with Crippen molar-refractivity contribution in [2.24, 2.45) is 5.41 Å². The number of rotatable bonds is 0. The van der Waals surface area contributed by atoms with Gasteiger partial charge >= 0.3 is 0 Å². The summed E-state index contributed by atoms with van der Waals surface area (Å²) < 4.78 is 0. The van der Waals surface area contributed by atoms with Gasteiger partial charge in [0.15, 0.2) is 0 Å². The van der Waals surface area contributed by atoms with Gasteiger partial charge in [-0.2, -0.15) is 0 Å². The third-order valence-electron chi connectivity index (χ3n) is 3.13. The van der Waals surface area contributed by atoms with E-state index in [1.807, 2.05) is 0 Å². The topological polar surface area (TPSA) is 0 Å². The summed E-state index contributed by atoms with van der Waals surface area (Å²) in [6.07, 6.45) is 13.9. The largest absolute Gasteiger partial charge is 0.0795 e. The zero-order valence-corrected chi connectivity index (χ0v) is 9.30. The molecule has 0 nitrogen and oxygen atoms in total. The fourth-order valence-corrected chi connectivity index (χ4v) is 2.27. The molecule has 0 radical (unpaired) electrons. The summed E-state index contributed by atoms with van der Waals surface area (Å²) in [5, 5.41) is 0. The molecule has 0 heterocycles. The summed E-state index contributed by atoms with van der Waals surface area (Å²) in [7, 11) is 0. The van der Waals surface area contributed by atoms with Gasteiger partial charge in [0.1, 0.15) is 0 Å². The minimum atomic E-state index is 0.195. The van der Waals surface area contributed by atoms with Crippen LogP contribution < -0.4 is 0 Å². The molecule has 14 heavy (non-hydrogen) atoms. The Hall–Kier alpha value is -1.04. The maximum absolute atomic E-state index is 2.41. The molecule has 2 rings (SSSR count). The van der Waals surface area contributed by atoms with E-state index in [9.17, 15) is 0 Å². The molecule has 0 spiro atoms. The molecule has 0 aromatic carbocycles. The lowest BCUT2D eigenvalue weighted by atomic mass is 9.76. The van der Waals surface area contributed by atoms with Crippen LogP contribution in [0.3, 0.4) is 0 Å². The van der Waals surface area contributed by atoms with E-state index in [1.54, 1.807) is 0 Å². The summed E-state index contributed by atoms with van der Waals surface area (Å²) in [4.78, 5) is 0. The van der Waals surface area contributed by atoms with Crippen LogP contribution in [0.4, 0.5) is 0 Å². The number of hydrogen-bond donors (Lipinski definition) is 0. The molecule has 0 saturated heterocycles. The van der Waals surface area contributed by atoms with Gasteiger partial charge in [-0.15, -0.1) is 0 Å². The first-order valence-electron chi connectivity index (χ1n) is 5.39. The zero-order chi connectivity index (χ0) is 10.2. The van der Waals surface area contributed by atoms with Gasteiger partial charge in [0.25, 0.3) is 0 Å². The Bertz CT molecular complexity index is 359. The predicted octanol–water partition coefficient (Wildman–Crippen LogP) is 4.18. The SMILES string of the molecule is CC1=CC=CC(C)(C)C2=CCCC=C12. The van der Waals surface area contributed by atoms with E-state index in [4.69, 9.17) is 0 Å². The first kappa shape index (κ1) is 9.51. The average Bonchev–Trinajstić information content (AvgIpc) is 2.27. The quantitative estimate of drug-likeness (QED) is 0.532. The molecular weight excluding hydrogens is 168 g/mol. The summed E-state index contributed by atoms with van der Waals surface area (Å²) in [5.74, 6) is 0. The molecule has 0 aliphatic heterocycles. The van der Waals surface area contributed by atoms with Gasteiger partial charge in [-0.3, -0.25) is 0 Å². The van der Waals surface area contributed by atoms with E-state index in [1.165, 1.54) is 29.6 Å². The highest BCUT2D eigenvalue weighted by molar-refractivity contribution is 5.54. The Morgan fingerprint density at radius 1 is 1.14 bits per heavy atom. The van der Waals surface area contributed by atoms with Crippen molar-refractivity contribution in [3.8, 4) is 0 Å². The molecule has 0 unspecified atom stereocenters. The molecule has 0 N–H and O–H groups in total. The smallest absolute Gasteiger partial charge is 0.00811 e. The first-order valence-corrected chi connectivity index (χ1v) is 5.39. The van der Waals surface area contributed by atoms with Crippen LogP contribution in [0.25, 0.3) is 0 Å². The van der Waals surface area contributed by atoms with Crippen molar-refractivity contribution >= 4 is 0 Å². The third kappa shape index (κ3) is 1.50. The highest BCUT2D eigenvalue weighted by Crippen LogP contribution is 2.40. The number of hydrogen-bond acceptors (Lipinski definition) is 0. The van der Waals surface area contributed by atoms with E-state index in [2.05, 4.69) is 51.2 Å². The minimum absolute atomic E-state index is 0.195. The first-order chi connectivity index (χ1) is 6.61. The molecule has 0 bridgehead atoms. The van der Waals surface area contributed by atoms with E-state index in [0.717, 1.165) is 0 Å². The molecule has 0 saturated carbocycles. The maximum atomic E-state index is 2.41. The Morgan fingerprint density at radius 3 is 2.64 bits per heavy atom. The lowest BCUT2D eigenvalue weighted by molar-refractivity contribution is 0.582. The van der Waals surface area contributed by atoms with Crippen LogP contribution in [-0.4, -0.2) is 0 Å². The number of allylic oxidation sites excluding steroid dienone is 8. The summed E-state index contributed by atoms with van der Waals surface area (Å²) >= 11 is 0. The Morgan fingerprint density at radius 2 is 1.86 bits per heavy atom. The van der Waals surface area contributed by atoms with Crippen molar-refractivity contribution in [1.82, 2.24) is 0 Å². The molecular formula is C14H18. The summed E-state index contributed by atoms with van der Waals surface area (Å²) in [6, 6.07) is 0. The average molecular weight is 186 g/mol. The van der Waals surface area contributed by atoms with Crippen molar-refractivity contribution in [1.29, 1.82) is 0 Å². The summed E-state index contributed by atoms with van der Waals surface area (Å²) in [6.45, 7) is 6.79. The van der Waals surface area contributed by atoms with Crippen LogP contribution in [0.5, 0.6) is 0 Å². The van der Waals surface area contributed by atoms with Crippen molar-refractivity contribution in [2.45, 2.75) is 33.6 Å². The third-order valence-corrected chi connectivity index (χ3v) is 3.13. The molecule has 0 atom stereocenters. The molecule has 2 aliphatic rings. The molecule has 0 fully saturated rings. The van der Waals surface area contributed by atoms with Crippen LogP contribution in [0, 0.1) is 5.41 Å². The van der Waals surface area contributed by atoms with E-state index in [0.29, 0.717) is 0 Å². The zero-order valence-electron chi connectivity index (χ0n) is 9.30. The highest BCUT2D eigenvalue weighted by Gasteiger charge is 2.26. The Kier molecular flexibility index (Phi) is 2.22. The van der Waals surface area contributed by atoms with Crippen LogP contribution in [0.15, 0.2) is 47.1 Å². The Balaban J connectivity index is 2.52. The van der Waals surface area contributed by atoms with Gasteiger partial charge < -0.3 is 0 Å². The predicted molar refractivity (Wildman–Crippen MR) is 62.1 cm³/mol. The second kappa shape index (κ2) is 3.27. The monoisotopic (exact) mass is 186 g/mol. The standard InChI is InChI=1S/C14H18/c1-11-7-6-10-14(2,3)13-9-5-4-8-12(11)13/h6-10H,4-5H2,1-3H3. The van der Waals surface area contributed by atoms with E-state index in [-0.39, 0.29) is 5.41 Å². The van der Waals surface area contributed by atoms with Gasteiger partial charge in [-0.25, -0.2) is 0 Å². The molecule has 2 aliphatic carbocycles. The lowest BCUT2D eigenvalue weighted by Gasteiger charge is -2.28. The van der Waals surface area contributed by atoms with Gasteiger partial charge in [0, 0.05) is 5.41 Å². The van der Waals surface area contributed by atoms with Gasteiger partial charge in [-0.1, -0.05) is 44.2 Å². The van der Waals surface area contributed by atoms with Crippen molar-refractivity contribution in [2.75, 3.05) is 0 Å². The minimum Gasteiger partial charge on any atom is -0.0795 e. The lowest BCUT2D eigenvalue weighted by Crippen LogP contribution is -2.14. The fourth-order valence-electron chi connectivity index (χ4n) is 2.27. The molecule has 0 aromatic heterocycles. The molecule has 74 valence electrons.